The highest BCUT2D eigenvalue weighted by Gasteiger charge is 2.84. The van der Waals surface area contributed by atoms with E-state index in [0.29, 0.717) is 17.3 Å². The highest BCUT2D eigenvalue weighted by atomic mass is 16.5. The molecule has 5 aliphatic carbocycles. The first-order valence-corrected chi connectivity index (χ1v) is 21.5. The number of fused-ring (bicyclic) bond motifs is 11. The molecule has 2 spiro atoms. The first-order valence-electron chi connectivity index (χ1n) is 21.5. The summed E-state index contributed by atoms with van der Waals surface area (Å²) in [6, 6.07) is 47.6. The van der Waals surface area contributed by atoms with Gasteiger partial charge in [-0.3, -0.25) is 0 Å². The standard InChI is InChI=1S/C54H49NO2/c1-51(2)24-25-52(3,4)42-28-34(18-22-40(42)51)33-16-19-36(20-17-33)55(44-13-9-11-39-38-10-5-7-14-45(38)57-50(39)44)37-21-23-47-43(30-37)54(41-12-6-8-15-46(41)56-47)48-27-32-26-35-29-49(54)53(35,48)31-32/h5-23,28,30,32,35,48-49H,24-27,29,31H2,1-4H3. The average Bonchev–Trinajstić information content (AvgIpc) is 3.90. The molecule has 3 nitrogen and oxygen atoms in total. The number of nitrogens with zero attached hydrogens (tertiary/aromatic N) is 1. The fourth-order valence-electron chi connectivity index (χ4n) is 14.1. The molecule has 4 fully saturated rings. The van der Waals surface area contributed by atoms with Crippen LogP contribution in [0.5, 0.6) is 11.5 Å². The van der Waals surface area contributed by atoms with Gasteiger partial charge in [0.2, 0.25) is 0 Å². The van der Waals surface area contributed by atoms with Crippen molar-refractivity contribution in [2.75, 3.05) is 4.90 Å². The normalized spacial score (nSPS) is 28.8. The van der Waals surface area contributed by atoms with Gasteiger partial charge in [-0.05, 0) is 149 Å². The Hall–Kier alpha value is -5.28. The first kappa shape index (κ1) is 32.8. The predicted molar refractivity (Wildman–Crippen MR) is 231 cm³/mol. The fourth-order valence-corrected chi connectivity index (χ4v) is 14.1. The van der Waals surface area contributed by atoms with Gasteiger partial charge in [0, 0.05) is 38.7 Å². The Morgan fingerprint density at radius 2 is 1.28 bits per heavy atom. The number of hydrogen-bond acceptors (Lipinski definition) is 3. The maximum Gasteiger partial charge on any atom is 0.159 e. The molecule has 6 unspecified atom stereocenters. The molecule has 6 aromatic carbocycles. The first-order chi connectivity index (χ1) is 27.7. The summed E-state index contributed by atoms with van der Waals surface area (Å²) < 4.78 is 13.6. The second kappa shape index (κ2) is 10.8. The summed E-state index contributed by atoms with van der Waals surface area (Å²) in [4.78, 5) is 2.44. The predicted octanol–water partition coefficient (Wildman–Crippen LogP) is 14.5. The van der Waals surface area contributed by atoms with Crippen LogP contribution in [0.4, 0.5) is 17.1 Å². The van der Waals surface area contributed by atoms with Gasteiger partial charge in [0.05, 0.1) is 5.69 Å². The maximum absolute atomic E-state index is 6.85. The van der Waals surface area contributed by atoms with E-state index in [4.69, 9.17) is 9.15 Å². The van der Waals surface area contributed by atoms with Crippen LogP contribution in [-0.4, -0.2) is 0 Å². The Morgan fingerprint density at radius 1 is 0.561 bits per heavy atom. The number of hydrogen-bond donors (Lipinski definition) is 0. The van der Waals surface area contributed by atoms with Gasteiger partial charge in [-0.25, -0.2) is 0 Å². The second-order valence-corrected chi connectivity index (χ2v) is 20.0. The van der Waals surface area contributed by atoms with Gasteiger partial charge in [0.1, 0.15) is 17.1 Å². The molecule has 282 valence electrons. The molecule has 0 saturated heterocycles. The van der Waals surface area contributed by atoms with Gasteiger partial charge < -0.3 is 14.1 Å². The number of anilines is 3. The average molecular weight is 744 g/mol. The molecule has 0 N–H and O–H groups in total. The van der Waals surface area contributed by atoms with Gasteiger partial charge in [-0.15, -0.1) is 0 Å². The van der Waals surface area contributed by atoms with Crippen LogP contribution in [0.15, 0.2) is 132 Å². The number of furan rings is 1. The minimum absolute atomic E-state index is 0.00153. The lowest BCUT2D eigenvalue weighted by Gasteiger charge is -2.77. The molecule has 1 aliphatic heterocycles. The summed E-state index contributed by atoms with van der Waals surface area (Å²) in [6.45, 7) is 9.65. The van der Waals surface area contributed by atoms with Crippen molar-refractivity contribution in [3.05, 3.63) is 150 Å². The minimum Gasteiger partial charge on any atom is -0.457 e. The largest absolute Gasteiger partial charge is 0.457 e. The topological polar surface area (TPSA) is 25.6 Å². The molecule has 2 bridgehead atoms. The van der Waals surface area contributed by atoms with Gasteiger partial charge in [0.25, 0.3) is 0 Å². The highest BCUT2D eigenvalue weighted by Crippen LogP contribution is 2.89. The van der Waals surface area contributed by atoms with Crippen molar-refractivity contribution in [2.45, 2.75) is 82.5 Å². The van der Waals surface area contributed by atoms with Crippen molar-refractivity contribution >= 4 is 39.0 Å². The van der Waals surface area contributed by atoms with E-state index in [0.717, 1.165) is 62.3 Å². The van der Waals surface area contributed by atoms with Crippen LogP contribution < -0.4 is 9.64 Å². The summed E-state index contributed by atoms with van der Waals surface area (Å²) in [7, 11) is 0. The van der Waals surface area contributed by atoms with E-state index in [1.165, 1.54) is 71.9 Å². The number of rotatable bonds is 4. The van der Waals surface area contributed by atoms with Crippen molar-refractivity contribution < 1.29 is 9.15 Å². The summed E-state index contributed by atoms with van der Waals surface area (Å²) in [5.41, 5.74) is 14.4. The zero-order valence-electron chi connectivity index (χ0n) is 33.4. The van der Waals surface area contributed by atoms with E-state index in [-0.39, 0.29) is 16.2 Å². The van der Waals surface area contributed by atoms with Crippen molar-refractivity contribution in [2.24, 2.45) is 29.1 Å². The Labute approximate surface area is 335 Å². The van der Waals surface area contributed by atoms with Gasteiger partial charge in [0.15, 0.2) is 5.58 Å². The van der Waals surface area contributed by atoms with Crippen LogP contribution in [0.25, 0.3) is 33.1 Å². The molecular weight excluding hydrogens is 695 g/mol. The smallest absolute Gasteiger partial charge is 0.159 e. The van der Waals surface area contributed by atoms with E-state index in [1.807, 2.05) is 0 Å². The molecule has 1 aromatic heterocycles. The quantitative estimate of drug-likeness (QED) is 0.180. The molecular formula is C54H49NO2. The van der Waals surface area contributed by atoms with Crippen molar-refractivity contribution in [1.29, 1.82) is 0 Å². The lowest BCUT2D eigenvalue weighted by atomic mass is 9.26. The summed E-state index contributed by atoms with van der Waals surface area (Å²) in [5, 5.41) is 2.28. The molecule has 2 heterocycles. The third-order valence-corrected chi connectivity index (χ3v) is 16.7. The Bertz CT molecular complexity index is 2840. The monoisotopic (exact) mass is 743 g/mol. The minimum atomic E-state index is 0.00153. The lowest BCUT2D eigenvalue weighted by molar-refractivity contribution is -0.235. The van der Waals surface area contributed by atoms with E-state index in [9.17, 15) is 0 Å². The summed E-state index contributed by atoms with van der Waals surface area (Å²) in [6.07, 6.45) is 8.04. The van der Waals surface area contributed by atoms with Crippen molar-refractivity contribution in [3.8, 4) is 22.6 Å². The molecule has 6 atom stereocenters. The van der Waals surface area contributed by atoms with E-state index < -0.39 is 0 Å². The van der Waals surface area contributed by atoms with Crippen LogP contribution in [-0.2, 0) is 16.2 Å². The van der Waals surface area contributed by atoms with Crippen LogP contribution in [0.2, 0.25) is 0 Å². The van der Waals surface area contributed by atoms with Crippen LogP contribution in [0.3, 0.4) is 0 Å². The number of benzene rings is 6. The number of para-hydroxylation sites is 3. The summed E-state index contributed by atoms with van der Waals surface area (Å²) >= 11 is 0. The molecule has 0 radical (unpaired) electrons. The molecule has 7 aromatic rings. The third kappa shape index (κ3) is 4.04. The van der Waals surface area contributed by atoms with Crippen LogP contribution in [0, 0.1) is 29.1 Å². The van der Waals surface area contributed by atoms with Crippen LogP contribution >= 0.6 is 0 Å². The molecule has 4 saturated carbocycles. The Balaban J connectivity index is 0.985. The molecule has 6 aliphatic rings. The van der Waals surface area contributed by atoms with E-state index >= 15 is 0 Å². The third-order valence-electron chi connectivity index (χ3n) is 16.7. The fraction of sp³-hybridized carbons (Fsp3) is 0.333. The Morgan fingerprint density at radius 3 is 2.14 bits per heavy atom. The molecule has 3 heteroatoms. The zero-order chi connectivity index (χ0) is 38.1. The lowest BCUT2D eigenvalue weighted by Crippen LogP contribution is -2.74. The maximum atomic E-state index is 6.85. The highest BCUT2D eigenvalue weighted by molar-refractivity contribution is 6.10. The van der Waals surface area contributed by atoms with E-state index in [1.54, 1.807) is 0 Å². The number of ether oxygens (including phenoxy) is 1. The second-order valence-electron chi connectivity index (χ2n) is 20.0. The molecule has 0 amide bonds. The SMILES string of the molecule is CC1(C)CCC(C)(C)c2cc(-c3ccc(N(c4ccc5c(c4)C4(c6ccccc6O5)C5CC6CC7CC4C75C6)c4cccc5c4oc4ccccc45)cc3)ccc21. The summed E-state index contributed by atoms with van der Waals surface area (Å²) in [5.74, 6) is 5.28. The zero-order valence-corrected chi connectivity index (χ0v) is 33.4. The van der Waals surface area contributed by atoms with Gasteiger partial charge >= 0.3 is 0 Å². The van der Waals surface area contributed by atoms with Crippen LogP contribution in [0.1, 0.15) is 88.5 Å². The molecule has 57 heavy (non-hydrogen) atoms. The van der Waals surface area contributed by atoms with Crippen molar-refractivity contribution in [1.82, 2.24) is 0 Å². The van der Waals surface area contributed by atoms with Crippen molar-refractivity contribution in [3.63, 3.8) is 0 Å². The van der Waals surface area contributed by atoms with Gasteiger partial charge in [-0.1, -0.05) is 107 Å². The Kier molecular flexibility index (Phi) is 6.21. The van der Waals surface area contributed by atoms with E-state index in [2.05, 4.69) is 160 Å². The molecule has 13 rings (SSSR count). The van der Waals surface area contributed by atoms with Gasteiger partial charge in [-0.2, -0.15) is 0 Å².